The first-order valence-corrected chi connectivity index (χ1v) is 8.39. The van der Waals surface area contributed by atoms with Crippen LogP contribution in [-0.2, 0) is 0 Å². The van der Waals surface area contributed by atoms with Crippen LogP contribution in [0.1, 0.15) is 16.1 Å². The molecule has 1 N–H and O–H groups in total. The van der Waals surface area contributed by atoms with E-state index in [4.69, 9.17) is 8.94 Å². The Bertz CT molecular complexity index is 1120. The van der Waals surface area contributed by atoms with Crippen molar-refractivity contribution in [3.63, 3.8) is 0 Å². The molecule has 1 amide bonds. The number of benzene rings is 1. The van der Waals surface area contributed by atoms with Crippen LogP contribution < -0.4 is 5.32 Å². The second kappa shape index (κ2) is 6.38. The molecule has 0 radical (unpaired) electrons. The first-order chi connectivity index (χ1) is 12.5. The van der Waals surface area contributed by atoms with E-state index in [9.17, 15) is 9.18 Å². The minimum absolute atomic E-state index is 0.0665. The Labute approximate surface area is 155 Å². The number of hydrogen-bond donors (Lipinski definition) is 1. The molecule has 0 fully saturated rings. The van der Waals surface area contributed by atoms with Crippen molar-refractivity contribution in [1.82, 2.24) is 10.1 Å². The van der Waals surface area contributed by atoms with Crippen LogP contribution >= 0.6 is 15.9 Å². The molecule has 3 aromatic heterocycles. The molecule has 0 unspecified atom stereocenters. The van der Waals surface area contributed by atoms with E-state index < -0.39 is 11.7 Å². The fourth-order valence-corrected chi connectivity index (χ4v) is 2.94. The van der Waals surface area contributed by atoms with Gasteiger partial charge >= 0.3 is 0 Å². The Morgan fingerprint density at radius 3 is 2.85 bits per heavy atom. The lowest BCUT2D eigenvalue weighted by Crippen LogP contribution is -2.14. The molecule has 4 rings (SSSR count). The van der Waals surface area contributed by atoms with Gasteiger partial charge < -0.3 is 14.3 Å². The van der Waals surface area contributed by atoms with Gasteiger partial charge in [-0.05, 0) is 43.3 Å². The summed E-state index contributed by atoms with van der Waals surface area (Å²) in [6.07, 6.45) is 1.50. The summed E-state index contributed by atoms with van der Waals surface area (Å²) in [7, 11) is 0. The number of carbonyl (C=O) groups is 1. The Morgan fingerprint density at radius 1 is 1.27 bits per heavy atom. The first kappa shape index (κ1) is 16.5. The second-order valence-corrected chi connectivity index (χ2v) is 6.47. The zero-order chi connectivity index (χ0) is 18.3. The normalized spacial score (nSPS) is 11.0. The number of aryl methyl sites for hydroxylation is 1. The van der Waals surface area contributed by atoms with Crippen molar-refractivity contribution >= 4 is 38.6 Å². The average Bonchev–Trinajstić information content (AvgIpc) is 3.27. The van der Waals surface area contributed by atoms with E-state index in [2.05, 4.69) is 31.4 Å². The zero-order valence-electron chi connectivity index (χ0n) is 13.4. The largest absolute Gasteiger partial charge is 0.463 e. The SMILES string of the molecule is Cc1noc2nc(-c3ccco3)cc(C(=O)Nc3ccc(Br)cc3F)c12. The van der Waals surface area contributed by atoms with Crippen LogP contribution in [0.4, 0.5) is 10.1 Å². The van der Waals surface area contributed by atoms with Crippen LogP contribution in [0, 0.1) is 12.7 Å². The number of amides is 1. The lowest BCUT2D eigenvalue weighted by Gasteiger charge is -2.08. The Hall–Kier alpha value is -3.00. The van der Waals surface area contributed by atoms with E-state index in [1.165, 1.54) is 18.4 Å². The smallest absolute Gasteiger partial charge is 0.259 e. The fourth-order valence-electron chi connectivity index (χ4n) is 2.60. The Kier molecular flexibility index (Phi) is 4.04. The first-order valence-electron chi connectivity index (χ1n) is 7.60. The number of hydrogen-bond acceptors (Lipinski definition) is 5. The summed E-state index contributed by atoms with van der Waals surface area (Å²) < 4.78 is 25.2. The summed E-state index contributed by atoms with van der Waals surface area (Å²) >= 11 is 3.18. The van der Waals surface area contributed by atoms with E-state index >= 15 is 0 Å². The van der Waals surface area contributed by atoms with Crippen molar-refractivity contribution in [2.75, 3.05) is 5.32 Å². The van der Waals surface area contributed by atoms with Gasteiger partial charge in [0, 0.05) is 4.47 Å². The minimum Gasteiger partial charge on any atom is -0.463 e. The van der Waals surface area contributed by atoms with Crippen molar-refractivity contribution in [2.24, 2.45) is 0 Å². The maximum Gasteiger partial charge on any atom is 0.259 e. The predicted octanol–water partition coefficient (Wildman–Crippen LogP) is 4.95. The lowest BCUT2D eigenvalue weighted by molar-refractivity contribution is 0.102. The maximum absolute atomic E-state index is 14.1. The standard InChI is InChI=1S/C18H11BrFN3O3/c1-9-16-11(17(24)21-13-5-4-10(19)7-12(13)20)8-14(15-3-2-6-25-15)22-18(16)26-23-9/h2-8H,1H3,(H,21,24). The molecule has 0 spiro atoms. The molecule has 0 aliphatic heterocycles. The summed E-state index contributed by atoms with van der Waals surface area (Å²) in [5.74, 6) is -0.575. The van der Waals surface area contributed by atoms with Gasteiger partial charge in [0.1, 0.15) is 11.5 Å². The van der Waals surface area contributed by atoms with Gasteiger partial charge in [-0.3, -0.25) is 4.79 Å². The highest BCUT2D eigenvalue weighted by Crippen LogP contribution is 2.28. The van der Waals surface area contributed by atoms with Gasteiger partial charge in [-0.25, -0.2) is 9.37 Å². The number of rotatable bonds is 3. The molecule has 3 heterocycles. The van der Waals surface area contributed by atoms with Crippen LogP contribution in [0.15, 0.2) is 56.1 Å². The highest BCUT2D eigenvalue weighted by atomic mass is 79.9. The molecule has 0 saturated heterocycles. The molecular formula is C18H11BrFN3O3. The van der Waals surface area contributed by atoms with Gasteiger partial charge in [-0.1, -0.05) is 21.1 Å². The summed E-state index contributed by atoms with van der Waals surface area (Å²) in [5.41, 5.74) is 1.47. The van der Waals surface area contributed by atoms with Gasteiger partial charge in [-0.15, -0.1) is 0 Å². The van der Waals surface area contributed by atoms with Gasteiger partial charge in [0.15, 0.2) is 5.76 Å². The molecule has 0 aliphatic rings. The van der Waals surface area contributed by atoms with Crippen molar-refractivity contribution < 1.29 is 18.1 Å². The van der Waals surface area contributed by atoms with E-state index in [1.54, 1.807) is 31.2 Å². The molecule has 0 atom stereocenters. The van der Waals surface area contributed by atoms with E-state index in [1.807, 2.05) is 0 Å². The van der Waals surface area contributed by atoms with Crippen LogP contribution in [0.5, 0.6) is 0 Å². The number of nitrogens with one attached hydrogen (secondary N) is 1. The summed E-state index contributed by atoms with van der Waals surface area (Å²) in [5, 5.41) is 6.91. The van der Waals surface area contributed by atoms with Crippen molar-refractivity contribution in [1.29, 1.82) is 0 Å². The van der Waals surface area contributed by atoms with Gasteiger partial charge in [0.2, 0.25) is 0 Å². The fraction of sp³-hybridized carbons (Fsp3) is 0.0556. The minimum atomic E-state index is -0.550. The molecule has 4 aromatic rings. The number of carbonyl (C=O) groups excluding carboxylic acids is 1. The zero-order valence-corrected chi connectivity index (χ0v) is 15.0. The molecule has 0 bridgehead atoms. The van der Waals surface area contributed by atoms with Gasteiger partial charge in [-0.2, -0.15) is 0 Å². The third kappa shape index (κ3) is 2.88. The van der Waals surface area contributed by atoms with Crippen LogP contribution in [0.3, 0.4) is 0 Å². The topological polar surface area (TPSA) is 81.2 Å². The summed E-state index contributed by atoms with van der Waals surface area (Å²) in [6, 6.07) is 9.38. The van der Waals surface area contributed by atoms with Gasteiger partial charge in [0.05, 0.1) is 28.6 Å². The monoisotopic (exact) mass is 415 g/mol. The van der Waals surface area contributed by atoms with E-state index in [0.717, 1.165) is 0 Å². The van der Waals surface area contributed by atoms with Crippen LogP contribution in [-0.4, -0.2) is 16.0 Å². The number of nitrogens with zero attached hydrogens (tertiary/aromatic N) is 2. The van der Waals surface area contributed by atoms with Crippen molar-refractivity contribution in [3.05, 3.63) is 64.2 Å². The highest BCUT2D eigenvalue weighted by molar-refractivity contribution is 9.10. The summed E-state index contributed by atoms with van der Waals surface area (Å²) in [6.45, 7) is 1.71. The third-order valence-electron chi connectivity index (χ3n) is 3.81. The van der Waals surface area contributed by atoms with E-state index in [0.29, 0.717) is 27.0 Å². The average molecular weight is 416 g/mol. The molecule has 0 saturated carbocycles. The third-order valence-corrected chi connectivity index (χ3v) is 4.31. The number of pyridine rings is 1. The Morgan fingerprint density at radius 2 is 2.12 bits per heavy atom. The van der Waals surface area contributed by atoms with Crippen molar-refractivity contribution in [3.8, 4) is 11.5 Å². The van der Waals surface area contributed by atoms with Gasteiger partial charge in [0.25, 0.3) is 11.6 Å². The molecule has 0 aliphatic carbocycles. The number of halogens is 2. The summed E-state index contributed by atoms with van der Waals surface area (Å²) in [4.78, 5) is 17.2. The molecular weight excluding hydrogens is 405 g/mol. The van der Waals surface area contributed by atoms with Crippen molar-refractivity contribution in [2.45, 2.75) is 6.92 Å². The Balaban J connectivity index is 1.81. The highest BCUT2D eigenvalue weighted by Gasteiger charge is 2.21. The van der Waals surface area contributed by atoms with E-state index in [-0.39, 0.29) is 17.0 Å². The molecule has 26 heavy (non-hydrogen) atoms. The molecule has 1 aromatic carbocycles. The van der Waals surface area contributed by atoms with Crippen LogP contribution in [0.2, 0.25) is 0 Å². The maximum atomic E-state index is 14.1. The lowest BCUT2D eigenvalue weighted by atomic mass is 10.1. The van der Waals surface area contributed by atoms with Crippen LogP contribution in [0.25, 0.3) is 22.6 Å². The molecule has 8 heteroatoms. The second-order valence-electron chi connectivity index (χ2n) is 5.56. The number of furan rings is 1. The quantitative estimate of drug-likeness (QED) is 0.512. The number of fused-ring (bicyclic) bond motifs is 1. The number of aromatic nitrogens is 2. The molecule has 6 nitrogen and oxygen atoms in total. The molecule has 130 valence electrons. The predicted molar refractivity (Wildman–Crippen MR) is 96.3 cm³/mol. The number of anilines is 1.